The van der Waals surface area contributed by atoms with Gasteiger partial charge in [-0.3, -0.25) is 27.1 Å². The van der Waals surface area contributed by atoms with Crippen molar-refractivity contribution in [2.24, 2.45) is 0 Å². The van der Waals surface area contributed by atoms with Crippen LogP contribution in [0.1, 0.15) is 54.4 Å². The van der Waals surface area contributed by atoms with E-state index in [9.17, 15) is 13.7 Å². The van der Waals surface area contributed by atoms with Crippen molar-refractivity contribution in [3.8, 4) is 11.5 Å². The highest BCUT2D eigenvalue weighted by Crippen LogP contribution is 2.54. The SMILES string of the molecule is CCOP(=O)(OCC)N1CCCN(P(=O)(OCC)OCC)CCOc2cccc(c2)OCCN(P(=O)(OCC)OCC)CCC1. The molecular weight excluding hydrogens is 647 g/mol. The van der Waals surface area contributed by atoms with E-state index in [2.05, 4.69) is 0 Å². The van der Waals surface area contributed by atoms with Gasteiger partial charge in [0.2, 0.25) is 0 Å². The van der Waals surface area contributed by atoms with E-state index in [1.807, 2.05) is 18.2 Å². The summed E-state index contributed by atoms with van der Waals surface area (Å²) in [6.45, 7) is 13.9. The lowest BCUT2D eigenvalue weighted by atomic mass is 10.3. The molecule has 0 saturated heterocycles. The van der Waals surface area contributed by atoms with Crippen molar-refractivity contribution in [2.75, 3.05) is 92.1 Å². The molecule has 0 aliphatic carbocycles. The quantitative estimate of drug-likeness (QED) is 0.180. The number of fused-ring (bicyclic) bond motifs is 2. The van der Waals surface area contributed by atoms with Gasteiger partial charge < -0.3 is 9.47 Å². The molecule has 1 heterocycles. The van der Waals surface area contributed by atoms with Crippen LogP contribution in [0.4, 0.5) is 0 Å². The van der Waals surface area contributed by atoms with Gasteiger partial charge in [-0.1, -0.05) is 6.07 Å². The molecule has 0 saturated carbocycles. The Kier molecular flexibility index (Phi) is 19.0. The molecular formula is C28H54N3O11P3. The molecule has 1 aliphatic heterocycles. The molecule has 0 fully saturated rings. The van der Waals surface area contributed by atoms with Crippen LogP contribution in [0.5, 0.6) is 11.5 Å². The highest BCUT2D eigenvalue weighted by molar-refractivity contribution is 7.51. The van der Waals surface area contributed by atoms with Gasteiger partial charge in [0.15, 0.2) is 0 Å². The lowest BCUT2D eigenvalue weighted by molar-refractivity contribution is 0.144. The molecule has 45 heavy (non-hydrogen) atoms. The zero-order valence-corrected chi connectivity index (χ0v) is 30.5. The summed E-state index contributed by atoms with van der Waals surface area (Å²) >= 11 is 0. The predicted octanol–water partition coefficient (Wildman–Crippen LogP) is 6.69. The summed E-state index contributed by atoms with van der Waals surface area (Å²) in [5, 5.41) is 0. The number of rotatable bonds is 15. The number of nitrogens with zero attached hydrogens (tertiary/aromatic N) is 3. The highest BCUT2D eigenvalue weighted by Gasteiger charge is 2.37. The van der Waals surface area contributed by atoms with Crippen LogP contribution in [0.15, 0.2) is 24.3 Å². The zero-order chi connectivity index (χ0) is 33.2. The maximum Gasteiger partial charge on any atom is 0.408 e. The average Bonchev–Trinajstić information content (AvgIpc) is 2.99. The van der Waals surface area contributed by atoms with E-state index in [1.165, 1.54) is 0 Å². The summed E-state index contributed by atoms with van der Waals surface area (Å²) in [6, 6.07) is 7.20. The minimum Gasteiger partial charge on any atom is -0.492 e. The highest BCUT2D eigenvalue weighted by atomic mass is 31.2. The number of ether oxygens (including phenoxy) is 2. The second-order valence-electron chi connectivity index (χ2n) is 9.65. The molecule has 1 aliphatic rings. The van der Waals surface area contributed by atoms with Crippen LogP contribution in [0.25, 0.3) is 0 Å². The first-order chi connectivity index (χ1) is 21.6. The molecule has 1 aromatic carbocycles. The molecule has 14 nitrogen and oxygen atoms in total. The van der Waals surface area contributed by atoms with Gasteiger partial charge in [0, 0.05) is 45.3 Å². The summed E-state index contributed by atoms with van der Waals surface area (Å²) in [4.78, 5) is 0. The Labute approximate surface area is 269 Å². The van der Waals surface area contributed by atoms with Gasteiger partial charge in [-0.05, 0) is 66.5 Å². The van der Waals surface area contributed by atoms with Crippen molar-refractivity contribution in [3.05, 3.63) is 24.3 Å². The van der Waals surface area contributed by atoms with Crippen LogP contribution in [0, 0.1) is 0 Å². The lowest BCUT2D eigenvalue weighted by Crippen LogP contribution is -2.34. The van der Waals surface area contributed by atoms with Crippen LogP contribution in [-0.2, 0) is 40.8 Å². The molecule has 0 amide bonds. The summed E-state index contributed by atoms with van der Waals surface area (Å²) in [6.07, 6.45) is 0.884. The molecule has 17 heteroatoms. The van der Waals surface area contributed by atoms with Gasteiger partial charge in [-0.15, -0.1) is 0 Å². The standard InChI is InChI=1S/C28H54N3O11P3/c1-7-37-43(32,38-8-2)29-18-14-20-30(44(33,39-9-3)40-10-4)22-24-35-27-16-13-17-28(26-27)36-25-23-31(21-15-19-29)45(34,41-11-5)42-12-6/h13,16-17,26H,7-12,14-15,18-25H2,1-6H3. The van der Waals surface area contributed by atoms with Gasteiger partial charge in [0.1, 0.15) is 24.7 Å². The Hall–Kier alpha value is -0.850. The van der Waals surface area contributed by atoms with E-state index in [1.54, 1.807) is 61.6 Å². The zero-order valence-electron chi connectivity index (χ0n) is 27.8. The van der Waals surface area contributed by atoms with Gasteiger partial charge in [-0.25, -0.2) is 27.7 Å². The number of benzene rings is 1. The van der Waals surface area contributed by atoms with Crippen LogP contribution in [-0.4, -0.2) is 106 Å². The fourth-order valence-corrected chi connectivity index (χ4v) is 10.1. The molecule has 0 radical (unpaired) electrons. The van der Waals surface area contributed by atoms with E-state index in [4.69, 9.17) is 36.6 Å². The third-order valence-electron chi connectivity index (χ3n) is 6.50. The fraction of sp³-hybridized carbons (Fsp3) is 0.786. The fourth-order valence-electron chi connectivity index (χ4n) is 4.71. The first kappa shape index (κ1) is 40.3. The van der Waals surface area contributed by atoms with E-state index in [0.717, 1.165) is 0 Å². The maximum absolute atomic E-state index is 14.0. The molecule has 1 aromatic rings. The Balaban J connectivity index is 2.45. The minimum atomic E-state index is -3.67. The number of hydrogen-bond donors (Lipinski definition) is 0. The molecule has 0 N–H and O–H groups in total. The summed E-state index contributed by atoms with van der Waals surface area (Å²) < 4.78 is 92.6. The maximum atomic E-state index is 14.0. The van der Waals surface area contributed by atoms with Gasteiger partial charge in [-0.2, -0.15) is 0 Å². The monoisotopic (exact) mass is 701 g/mol. The average molecular weight is 702 g/mol. The van der Waals surface area contributed by atoms with Crippen molar-refractivity contribution in [3.63, 3.8) is 0 Å². The van der Waals surface area contributed by atoms with Crippen LogP contribution < -0.4 is 9.47 Å². The van der Waals surface area contributed by atoms with Crippen molar-refractivity contribution < 1.29 is 50.3 Å². The molecule has 0 atom stereocenters. The predicted molar refractivity (Wildman–Crippen MR) is 174 cm³/mol. The second kappa shape index (κ2) is 21.2. The summed E-state index contributed by atoms with van der Waals surface area (Å²) in [5.74, 6) is 1.14. The topological polar surface area (TPSA) is 135 Å². The Morgan fingerprint density at radius 1 is 0.533 bits per heavy atom. The number of hydrogen-bond acceptors (Lipinski definition) is 11. The Morgan fingerprint density at radius 3 is 1.11 bits per heavy atom. The van der Waals surface area contributed by atoms with Gasteiger partial charge in [0.25, 0.3) is 0 Å². The van der Waals surface area contributed by atoms with Crippen LogP contribution >= 0.6 is 23.2 Å². The summed E-state index contributed by atoms with van der Waals surface area (Å²) in [7, 11) is -10.9. The molecule has 262 valence electrons. The van der Waals surface area contributed by atoms with E-state index >= 15 is 0 Å². The third-order valence-corrected chi connectivity index (χ3v) is 13.3. The first-order valence-corrected chi connectivity index (χ1v) is 20.4. The van der Waals surface area contributed by atoms with E-state index in [-0.39, 0.29) is 65.9 Å². The second-order valence-corrected chi connectivity index (χ2v) is 15.7. The van der Waals surface area contributed by atoms with Gasteiger partial charge in [0.05, 0.1) is 39.6 Å². The molecule has 2 bridgehead atoms. The smallest absolute Gasteiger partial charge is 0.408 e. The molecule has 0 aromatic heterocycles. The van der Waals surface area contributed by atoms with Crippen molar-refractivity contribution in [1.29, 1.82) is 0 Å². The Morgan fingerprint density at radius 2 is 0.822 bits per heavy atom. The molecule has 2 rings (SSSR count). The first-order valence-electron chi connectivity index (χ1n) is 15.9. The van der Waals surface area contributed by atoms with Crippen molar-refractivity contribution >= 4 is 23.2 Å². The van der Waals surface area contributed by atoms with Crippen LogP contribution in [0.3, 0.4) is 0 Å². The Bertz CT molecular complexity index is 1020. The summed E-state index contributed by atoms with van der Waals surface area (Å²) in [5.41, 5.74) is 0. The van der Waals surface area contributed by atoms with Crippen molar-refractivity contribution in [1.82, 2.24) is 14.0 Å². The third kappa shape index (κ3) is 12.9. The largest absolute Gasteiger partial charge is 0.492 e. The van der Waals surface area contributed by atoms with E-state index in [0.29, 0.717) is 50.5 Å². The van der Waals surface area contributed by atoms with E-state index < -0.39 is 23.2 Å². The normalized spacial score (nSPS) is 18.1. The molecule has 0 spiro atoms. The van der Waals surface area contributed by atoms with Gasteiger partial charge >= 0.3 is 23.2 Å². The molecule has 0 unspecified atom stereocenters. The minimum absolute atomic E-state index is 0.189. The van der Waals surface area contributed by atoms with Crippen molar-refractivity contribution in [2.45, 2.75) is 54.4 Å². The lowest BCUT2D eigenvalue weighted by Gasteiger charge is -2.33. The van der Waals surface area contributed by atoms with Crippen LogP contribution in [0.2, 0.25) is 0 Å².